The molecule has 1 aromatic heterocycles. The van der Waals surface area contributed by atoms with Gasteiger partial charge in [-0.25, -0.2) is 4.98 Å². The van der Waals surface area contributed by atoms with Gasteiger partial charge in [0.1, 0.15) is 5.52 Å². The van der Waals surface area contributed by atoms with E-state index in [1.165, 1.54) is 12.1 Å². The Bertz CT molecular complexity index is 762. The van der Waals surface area contributed by atoms with Gasteiger partial charge in [-0.2, -0.15) is 13.2 Å². The number of fused-ring (bicyclic) bond motifs is 1. The molecule has 0 aliphatic heterocycles. The van der Waals surface area contributed by atoms with Gasteiger partial charge in [0.05, 0.1) is 5.56 Å². The number of alkyl halides is 3. The van der Waals surface area contributed by atoms with Gasteiger partial charge in [-0.1, -0.05) is 11.6 Å². The first-order chi connectivity index (χ1) is 9.43. The second-order valence-electron chi connectivity index (χ2n) is 4.21. The largest absolute Gasteiger partial charge is 0.436 e. The number of benzene rings is 2. The van der Waals surface area contributed by atoms with E-state index in [1.54, 1.807) is 18.2 Å². The fraction of sp³-hybridized carbons (Fsp3) is 0.0714. The minimum absolute atomic E-state index is 0.260. The topological polar surface area (TPSA) is 26.0 Å². The van der Waals surface area contributed by atoms with Crippen molar-refractivity contribution >= 4 is 22.7 Å². The zero-order valence-corrected chi connectivity index (χ0v) is 10.7. The first kappa shape index (κ1) is 13.0. The number of aromatic nitrogens is 1. The van der Waals surface area contributed by atoms with Crippen molar-refractivity contribution in [2.75, 3.05) is 0 Å². The van der Waals surface area contributed by atoms with Crippen LogP contribution >= 0.6 is 11.6 Å². The summed E-state index contributed by atoms with van der Waals surface area (Å²) in [7, 11) is 0. The number of hydrogen-bond acceptors (Lipinski definition) is 2. The molecule has 0 amide bonds. The quantitative estimate of drug-likeness (QED) is 0.619. The summed E-state index contributed by atoms with van der Waals surface area (Å²) in [5.41, 5.74) is 0.863. The third-order valence-electron chi connectivity index (χ3n) is 2.81. The second kappa shape index (κ2) is 4.52. The van der Waals surface area contributed by atoms with Gasteiger partial charge in [-0.05, 0) is 42.5 Å². The fourth-order valence-electron chi connectivity index (χ4n) is 1.83. The van der Waals surface area contributed by atoms with E-state index in [9.17, 15) is 13.2 Å². The van der Waals surface area contributed by atoms with Crippen molar-refractivity contribution in [3.05, 3.63) is 53.1 Å². The molecule has 20 heavy (non-hydrogen) atoms. The molecule has 0 N–H and O–H groups in total. The van der Waals surface area contributed by atoms with Crippen LogP contribution in [0.3, 0.4) is 0 Å². The molecular formula is C14H7ClF3NO. The lowest BCUT2D eigenvalue weighted by atomic mass is 10.1. The third-order valence-corrected chi connectivity index (χ3v) is 3.04. The van der Waals surface area contributed by atoms with Crippen molar-refractivity contribution in [2.24, 2.45) is 0 Å². The van der Waals surface area contributed by atoms with E-state index in [2.05, 4.69) is 4.98 Å². The second-order valence-corrected chi connectivity index (χ2v) is 4.64. The maximum absolute atomic E-state index is 12.5. The summed E-state index contributed by atoms with van der Waals surface area (Å²) in [4.78, 5) is 4.20. The number of nitrogens with zero attached hydrogens (tertiary/aromatic N) is 1. The van der Waals surface area contributed by atoms with Crippen molar-refractivity contribution in [3.63, 3.8) is 0 Å². The Morgan fingerprint density at radius 3 is 2.35 bits per heavy atom. The van der Waals surface area contributed by atoms with Crippen LogP contribution in [0.15, 0.2) is 46.9 Å². The Balaban J connectivity index is 2.02. The molecule has 2 aromatic carbocycles. The normalized spacial score (nSPS) is 12.0. The lowest BCUT2D eigenvalue weighted by Crippen LogP contribution is -2.03. The van der Waals surface area contributed by atoms with Gasteiger partial charge in [-0.15, -0.1) is 0 Å². The van der Waals surface area contributed by atoms with Crippen LogP contribution in [0.1, 0.15) is 5.56 Å². The number of hydrogen-bond donors (Lipinski definition) is 0. The summed E-state index contributed by atoms with van der Waals surface area (Å²) in [6.45, 7) is 0. The van der Waals surface area contributed by atoms with Crippen LogP contribution in [-0.2, 0) is 6.18 Å². The first-order valence-corrected chi connectivity index (χ1v) is 6.05. The van der Waals surface area contributed by atoms with Crippen LogP contribution in [0.4, 0.5) is 13.2 Å². The zero-order valence-electron chi connectivity index (χ0n) is 9.91. The zero-order chi connectivity index (χ0) is 14.3. The maximum atomic E-state index is 12.5. The third kappa shape index (κ3) is 2.36. The van der Waals surface area contributed by atoms with E-state index in [-0.39, 0.29) is 5.89 Å². The van der Waals surface area contributed by atoms with Crippen LogP contribution in [0.2, 0.25) is 5.02 Å². The molecule has 0 atom stereocenters. The Labute approximate surface area is 116 Å². The molecule has 2 nitrogen and oxygen atoms in total. The highest BCUT2D eigenvalue weighted by atomic mass is 35.5. The van der Waals surface area contributed by atoms with Gasteiger partial charge in [-0.3, -0.25) is 0 Å². The summed E-state index contributed by atoms with van der Waals surface area (Å²) in [6.07, 6.45) is -4.35. The average molecular weight is 298 g/mol. The smallest absolute Gasteiger partial charge is 0.416 e. The van der Waals surface area contributed by atoms with Gasteiger partial charge < -0.3 is 4.42 Å². The molecule has 3 rings (SSSR count). The minimum atomic E-state index is -4.35. The fourth-order valence-corrected chi connectivity index (χ4v) is 1.99. The lowest BCUT2D eigenvalue weighted by Gasteiger charge is -2.05. The van der Waals surface area contributed by atoms with Gasteiger partial charge >= 0.3 is 6.18 Å². The highest BCUT2D eigenvalue weighted by Gasteiger charge is 2.30. The monoisotopic (exact) mass is 297 g/mol. The molecular weight excluding hydrogens is 291 g/mol. The number of oxazole rings is 1. The van der Waals surface area contributed by atoms with Crippen LogP contribution in [-0.4, -0.2) is 4.98 Å². The molecule has 0 saturated heterocycles. The lowest BCUT2D eigenvalue weighted by molar-refractivity contribution is -0.137. The van der Waals surface area contributed by atoms with Crippen molar-refractivity contribution in [1.82, 2.24) is 4.98 Å². The molecule has 0 radical (unpaired) electrons. The molecule has 102 valence electrons. The predicted octanol–water partition coefficient (Wildman–Crippen LogP) is 5.17. The van der Waals surface area contributed by atoms with E-state index in [0.717, 1.165) is 12.1 Å². The summed E-state index contributed by atoms with van der Waals surface area (Å²) < 4.78 is 42.9. The van der Waals surface area contributed by atoms with Crippen LogP contribution < -0.4 is 0 Å². The molecule has 0 aliphatic rings. The highest BCUT2D eigenvalue weighted by molar-refractivity contribution is 6.31. The molecule has 1 heterocycles. The van der Waals surface area contributed by atoms with Gasteiger partial charge in [0, 0.05) is 10.6 Å². The molecule has 3 aromatic rings. The van der Waals surface area contributed by atoms with Crippen molar-refractivity contribution in [1.29, 1.82) is 0 Å². The summed E-state index contributed by atoms with van der Waals surface area (Å²) in [6, 6.07) is 9.61. The predicted molar refractivity (Wildman–Crippen MR) is 69.5 cm³/mol. The van der Waals surface area contributed by atoms with Crippen molar-refractivity contribution in [3.8, 4) is 11.5 Å². The van der Waals surface area contributed by atoms with Crippen molar-refractivity contribution < 1.29 is 17.6 Å². The molecule has 0 spiro atoms. The van der Waals surface area contributed by atoms with Crippen LogP contribution in [0.25, 0.3) is 22.6 Å². The van der Waals surface area contributed by atoms with Crippen LogP contribution in [0.5, 0.6) is 0 Å². The number of halogens is 4. The molecule has 0 aliphatic carbocycles. The van der Waals surface area contributed by atoms with E-state index < -0.39 is 11.7 Å². The van der Waals surface area contributed by atoms with Gasteiger partial charge in [0.15, 0.2) is 5.58 Å². The van der Waals surface area contributed by atoms with Crippen molar-refractivity contribution in [2.45, 2.75) is 6.18 Å². The summed E-state index contributed by atoms with van der Waals surface area (Å²) in [5, 5.41) is 0.518. The SMILES string of the molecule is FC(F)(F)c1ccc(-c2nc3cc(Cl)ccc3o2)cc1. The standard InChI is InChI=1S/C14H7ClF3NO/c15-10-5-6-12-11(7-10)19-13(20-12)8-1-3-9(4-2-8)14(16,17)18/h1-7H. The van der Waals surface area contributed by atoms with Gasteiger partial charge in [0.2, 0.25) is 5.89 Å². The number of rotatable bonds is 1. The molecule has 0 saturated carbocycles. The van der Waals surface area contributed by atoms with E-state index >= 15 is 0 Å². The Kier molecular flexibility index (Phi) is 2.94. The van der Waals surface area contributed by atoms with E-state index in [1.807, 2.05) is 0 Å². The Morgan fingerprint density at radius 2 is 1.70 bits per heavy atom. The molecule has 0 unspecified atom stereocenters. The van der Waals surface area contributed by atoms with Crippen LogP contribution in [0, 0.1) is 0 Å². The van der Waals surface area contributed by atoms with E-state index in [0.29, 0.717) is 21.7 Å². The average Bonchev–Trinajstić information content (AvgIpc) is 2.80. The first-order valence-electron chi connectivity index (χ1n) is 5.67. The van der Waals surface area contributed by atoms with Gasteiger partial charge in [0.25, 0.3) is 0 Å². The Morgan fingerprint density at radius 1 is 1.00 bits per heavy atom. The molecule has 0 fully saturated rings. The van der Waals surface area contributed by atoms with E-state index in [4.69, 9.17) is 16.0 Å². The molecule has 0 bridgehead atoms. The highest BCUT2D eigenvalue weighted by Crippen LogP contribution is 2.31. The minimum Gasteiger partial charge on any atom is -0.436 e. The molecule has 6 heteroatoms. The Hall–Kier alpha value is -2.01. The maximum Gasteiger partial charge on any atom is 0.416 e. The summed E-state index contributed by atoms with van der Waals surface area (Å²) in [5.74, 6) is 0.260. The summed E-state index contributed by atoms with van der Waals surface area (Å²) >= 11 is 5.84.